The highest BCUT2D eigenvalue weighted by molar-refractivity contribution is 8.00. The van der Waals surface area contributed by atoms with Crippen LogP contribution in [0.5, 0.6) is 0 Å². The first-order valence-electron chi connectivity index (χ1n) is 3.99. The van der Waals surface area contributed by atoms with E-state index in [1.807, 2.05) is 6.26 Å². The number of piperidine rings is 1. The van der Waals surface area contributed by atoms with E-state index in [2.05, 4.69) is 10.5 Å². The number of thioether (sulfide) groups is 1. The van der Waals surface area contributed by atoms with Crippen LogP contribution < -0.4 is 11.1 Å². The van der Waals surface area contributed by atoms with Crippen LogP contribution in [0.25, 0.3) is 0 Å². The minimum absolute atomic E-state index is 0.139. The molecule has 0 aromatic carbocycles. The molecule has 1 aliphatic rings. The SMILES string of the molecule is CSC1(/C(N)=N/O)CCNCC1. The van der Waals surface area contributed by atoms with Crippen LogP contribution in [0.1, 0.15) is 12.8 Å². The molecule has 0 aromatic rings. The molecule has 1 aliphatic heterocycles. The summed E-state index contributed by atoms with van der Waals surface area (Å²) in [5.41, 5.74) is 5.64. The fourth-order valence-corrected chi connectivity index (χ4v) is 2.35. The summed E-state index contributed by atoms with van der Waals surface area (Å²) in [4.78, 5) is 0. The molecule has 1 rings (SSSR count). The van der Waals surface area contributed by atoms with Crippen molar-refractivity contribution in [3.8, 4) is 0 Å². The molecule has 0 spiro atoms. The molecular formula is C7H15N3OS. The zero-order chi connectivity index (χ0) is 9.03. The van der Waals surface area contributed by atoms with Crippen molar-refractivity contribution in [3.63, 3.8) is 0 Å². The zero-order valence-corrected chi connectivity index (χ0v) is 8.02. The Morgan fingerprint density at radius 2 is 2.17 bits per heavy atom. The van der Waals surface area contributed by atoms with Crippen molar-refractivity contribution in [2.24, 2.45) is 10.9 Å². The summed E-state index contributed by atoms with van der Waals surface area (Å²) in [7, 11) is 0. The fraction of sp³-hybridized carbons (Fsp3) is 0.857. The van der Waals surface area contributed by atoms with Gasteiger partial charge in [0.15, 0.2) is 5.84 Å². The molecule has 0 saturated carbocycles. The van der Waals surface area contributed by atoms with Crippen molar-refractivity contribution in [1.82, 2.24) is 5.32 Å². The van der Waals surface area contributed by atoms with Crippen LogP contribution in [-0.4, -0.2) is 35.1 Å². The Morgan fingerprint density at radius 1 is 1.58 bits per heavy atom. The number of amidine groups is 1. The van der Waals surface area contributed by atoms with Crippen LogP contribution in [0.15, 0.2) is 5.16 Å². The van der Waals surface area contributed by atoms with Crippen LogP contribution in [0.3, 0.4) is 0 Å². The van der Waals surface area contributed by atoms with Crippen molar-refractivity contribution >= 4 is 17.6 Å². The summed E-state index contributed by atoms with van der Waals surface area (Å²) < 4.78 is -0.139. The highest BCUT2D eigenvalue weighted by Crippen LogP contribution is 2.32. The van der Waals surface area contributed by atoms with E-state index in [1.54, 1.807) is 11.8 Å². The molecule has 5 heteroatoms. The van der Waals surface area contributed by atoms with E-state index in [-0.39, 0.29) is 4.75 Å². The lowest BCUT2D eigenvalue weighted by atomic mass is 9.96. The zero-order valence-electron chi connectivity index (χ0n) is 7.21. The van der Waals surface area contributed by atoms with Gasteiger partial charge in [0.25, 0.3) is 0 Å². The molecule has 0 radical (unpaired) electrons. The van der Waals surface area contributed by atoms with E-state index in [9.17, 15) is 0 Å². The van der Waals surface area contributed by atoms with Gasteiger partial charge in [-0.05, 0) is 32.2 Å². The Kier molecular flexibility index (Phi) is 3.22. The minimum atomic E-state index is -0.139. The lowest BCUT2D eigenvalue weighted by Crippen LogP contribution is -2.48. The Morgan fingerprint density at radius 3 is 2.58 bits per heavy atom. The van der Waals surface area contributed by atoms with E-state index in [4.69, 9.17) is 10.9 Å². The molecule has 0 atom stereocenters. The van der Waals surface area contributed by atoms with Crippen molar-refractivity contribution in [1.29, 1.82) is 0 Å². The van der Waals surface area contributed by atoms with E-state index in [0.717, 1.165) is 25.9 Å². The first kappa shape index (κ1) is 9.67. The number of nitrogens with zero attached hydrogens (tertiary/aromatic N) is 1. The maximum Gasteiger partial charge on any atom is 0.155 e. The number of hydrogen-bond acceptors (Lipinski definition) is 4. The third-order valence-electron chi connectivity index (χ3n) is 2.38. The molecule has 0 aliphatic carbocycles. The standard InChI is InChI=1S/C7H15N3OS/c1-12-7(6(8)10-11)2-4-9-5-3-7/h9,11H,2-5H2,1H3,(H2,8,10). The molecule has 1 heterocycles. The molecule has 70 valence electrons. The average Bonchev–Trinajstić information content (AvgIpc) is 2.17. The van der Waals surface area contributed by atoms with Gasteiger partial charge in [0.1, 0.15) is 0 Å². The molecule has 0 unspecified atom stereocenters. The Hall–Kier alpha value is -0.420. The maximum absolute atomic E-state index is 8.61. The van der Waals surface area contributed by atoms with Crippen molar-refractivity contribution in [2.75, 3.05) is 19.3 Å². The monoisotopic (exact) mass is 189 g/mol. The third-order valence-corrected chi connectivity index (χ3v) is 3.78. The number of rotatable bonds is 2. The first-order chi connectivity index (χ1) is 5.75. The van der Waals surface area contributed by atoms with Gasteiger partial charge in [0.2, 0.25) is 0 Å². The van der Waals surface area contributed by atoms with Gasteiger partial charge in [-0.2, -0.15) is 11.8 Å². The quantitative estimate of drug-likeness (QED) is 0.251. The predicted octanol–water partition coefficient (Wildman–Crippen LogP) is 0.218. The molecule has 4 nitrogen and oxygen atoms in total. The molecule has 0 bridgehead atoms. The highest BCUT2D eigenvalue weighted by Gasteiger charge is 2.35. The second-order valence-corrected chi connectivity index (χ2v) is 4.12. The van der Waals surface area contributed by atoms with E-state index in [0.29, 0.717) is 5.84 Å². The Balaban J connectivity index is 2.73. The van der Waals surface area contributed by atoms with Crippen LogP contribution >= 0.6 is 11.8 Å². The topological polar surface area (TPSA) is 70.6 Å². The molecular weight excluding hydrogens is 174 g/mol. The van der Waals surface area contributed by atoms with Crippen molar-refractivity contribution in [3.05, 3.63) is 0 Å². The second kappa shape index (κ2) is 4.00. The van der Waals surface area contributed by atoms with Gasteiger partial charge < -0.3 is 16.3 Å². The summed E-state index contributed by atoms with van der Waals surface area (Å²) in [5, 5.41) is 15.0. The lowest BCUT2D eigenvalue weighted by Gasteiger charge is -2.34. The van der Waals surface area contributed by atoms with Crippen LogP contribution in [0.4, 0.5) is 0 Å². The van der Waals surface area contributed by atoms with Gasteiger partial charge in [-0.1, -0.05) is 5.16 Å². The van der Waals surface area contributed by atoms with Gasteiger partial charge in [-0.25, -0.2) is 0 Å². The predicted molar refractivity (Wildman–Crippen MR) is 51.8 cm³/mol. The van der Waals surface area contributed by atoms with Gasteiger partial charge in [0.05, 0.1) is 4.75 Å². The minimum Gasteiger partial charge on any atom is -0.409 e. The molecule has 0 aromatic heterocycles. The summed E-state index contributed by atoms with van der Waals surface area (Å²) in [6, 6.07) is 0. The molecule has 1 saturated heterocycles. The summed E-state index contributed by atoms with van der Waals surface area (Å²) in [5.74, 6) is 0.358. The maximum atomic E-state index is 8.61. The molecule has 12 heavy (non-hydrogen) atoms. The number of nitrogens with one attached hydrogen (secondary N) is 1. The van der Waals surface area contributed by atoms with Crippen molar-refractivity contribution < 1.29 is 5.21 Å². The van der Waals surface area contributed by atoms with Gasteiger partial charge >= 0.3 is 0 Å². The number of nitrogens with two attached hydrogens (primary N) is 1. The van der Waals surface area contributed by atoms with Gasteiger partial charge in [0, 0.05) is 0 Å². The summed E-state index contributed by atoms with van der Waals surface area (Å²) in [6.07, 6.45) is 3.87. The Bertz CT molecular complexity index is 177. The molecule has 1 fully saturated rings. The molecule has 0 amide bonds. The largest absolute Gasteiger partial charge is 0.409 e. The van der Waals surface area contributed by atoms with Gasteiger partial charge in [-0.3, -0.25) is 0 Å². The van der Waals surface area contributed by atoms with E-state index in [1.165, 1.54) is 0 Å². The summed E-state index contributed by atoms with van der Waals surface area (Å²) >= 11 is 1.67. The summed E-state index contributed by atoms with van der Waals surface area (Å²) in [6.45, 7) is 1.88. The van der Waals surface area contributed by atoms with E-state index >= 15 is 0 Å². The van der Waals surface area contributed by atoms with Crippen LogP contribution in [0.2, 0.25) is 0 Å². The average molecular weight is 189 g/mol. The molecule has 4 N–H and O–H groups in total. The normalized spacial score (nSPS) is 23.9. The smallest absolute Gasteiger partial charge is 0.155 e. The highest BCUT2D eigenvalue weighted by atomic mass is 32.2. The van der Waals surface area contributed by atoms with Crippen LogP contribution in [0, 0.1) is 0 Å². The number of hydrogen-bond donors (Lipinski definition) is 3. The first-order valence-corrected chi connectivity index (χ1v) is 5.21. The third kappa shape index (κ3) is 1.67. The lowest BCUT2D eigenvalue weighted by molar-refractivity contribution is 0.312. The second-order valence-electron chi connectivity index (χ2n) is 2.93. The number of oxime groups is 1. The van der Waals surface area contributed by atoms with E-state index < -0.39 is 0 Å². The van der Waals surface area contributed by atoms with Crippen molar-refractivity contribution in [2.45, 2.75) is 17.6 Å². The van der Waals surface area contributed by atoms with Gasteiger partial charge in [-0.15, -0.1) is 0 Å². The van der Waals surface area contributed by atoms with Crippen LogP contribution in [-0.2, 0) is 0 Å². The fourth-order valence-electron chi connectivity index (χ4n) is 1.49. The Labute approximate surface area is 76.6 Å².